The Balaban J connectivity index is 0.00000300. The van der Waals surface area contributed by atoms with Gasteiger partial charge in [-0.15, -0.1) is 24.0 Å². The van der Waals surface area contributed by atoms with Gasteiger partial charge in [0.15, 0.2) is 5.96 Å². The second kappa shape index (κ2) is 12.9. The van der Waals surface area contributed by atoms with Crippen LogP contribution >= 0.6 is 24.0 Å². The number of nitrogens with one attached hydrogen (secondary N) is 2. The normalized spacial score (nSPS) is 16.5. The van der Waals surface area contributed by atoms with Gasteiger partial charge >= 0.3 is 0 Å². The summed E-state index contributed by atoms with van der Waals surface area (Å²) in [6.45, 7) is 3.86. The average Bonchev–Trinajstić information content (AvgIpc) is 3.25. The van der Waals surface area contributed by atoms with Crippen LogP contribution in [0.1, 0.15) is 24.8 Å². The number of fused-ring (bicyclic) bond motifs is 1. The van der Waals surface area contributed by atoms with E-state index in [2.05, 4.69) is 39.9 Å². The van der Waals surface area contributed by atoms with Crippen LogP contribution in [-0.2, 0) is 16.0 Å². The summed E-state index contributed by atoms with van der Waals surface area (Å²) < 4.78 is 16.5. The highest BCUT2D eigenvalue weighted by atomic mass is 127. The number of aliphatic imine (C=N–C) groups is 1. The van der Waals surface area contributed by atoms with Crippen LogP contribution in [0, 0.1) is 0 Å². The van der Waals surface area contributed by atoms with Crippen molar-refractivity contribution in [1.82, 2.24) is 10.6 Å². The Morgan fingerprint density at radius 2 is 2.00 bits per heavy atom. The average molecular weight is 513 g/mol. The van der Waals surface area contributed by atoms with Crippen molar-refractivity contribution in [2.24, 2.45) is 4.99 Å². The summed E-state index contributed by atoms with van der Waals surface area (Å²) in [5.74, 6) is 1.68. The number of ether oxygens (including phenoxy) is 3. The molecule has 0 saturated carbocycles. The minimum absolute atomic E-state index is 0. The van der Waals surface area contributed by atoms with Gasteiger partial charge in [-0.05, 0) is 53.8 Å². The summed E-state index contributed by atoms with van der Waals surface area (Å²) in [5.41, 5.74) is 1.21. The zero-order chi connectivity index (χ0) is 19.6. The number of benzene rings is 2. The van der Waals surface area contributed by atoms with E-state index in [4.69, 9.17) is 14.2 Å². The molecular weight excluding hydrogens is 481 g/mol. The summed E-state index contributed by atoms with van der Waals surface area (Å²) in [5, 5.41) is 9.07. The molecule has 2 aromatic carbocycles. The van der Waals surface area contributed by atoms with Gasteiger partial charge in [0.2, 0.25) is 0 Å². The van der Waals surface area contributed by atoms with Gasteiger partial charge in [-0.1, -0.05) is 18.2 Å². The summed E-state index contributed by atoms with van der Waals surface area (Å²) in [4.78, 5) is 4.29. The van der Waals surface area contributed by atoms with Crippen molar-refractivity contribution in [2.75, 3.05) is 40.5 Å². The third kappa shape index (κ3) is 7.64. The SMILES string of the molecule is CN=C(NCCCOCC1CCCO1)NCc1ccc2cc(OC)ccc2c1.I. The maximum atomic E-state index is 5.69. The highest BCUT2D eigenvalue weighted by Gasteiger charge is 2.14. The first-order chi connectivity index (χ1) is 13.8. The molecule has 3 rings (SSSR count). The molecule has 160 valence electrons. The molecule has 29 heavy (non-hydrogen) atoms. The number of hydrogen-bond acceptors (Lipinski definition) is 4. The first-order valence-electron chi connectivity index (χ1n) is 9.99. The molecule has 0 bridgehead atoms. The Bertz CT molecular complexity index is 779. The standard InChI is InChI=1S/C22H31N3O3.HI/c1-23-22(24-10-4-11-27-16-21-5-3-12-28-21)25-15-17-6-7-19-14-20(26-2)9-8-18(19)13-17;/h6-9,13-14,21H,3-5,10-12,15-16H2,1-2H3,(H2,23,24,25);1H. The van der Waals surface area contributed by atoms with Gasteiger partial charge in [-0.2, -0.15) is 0 Å². The van der Waals surface area contributed by atoms with Gasteiger partial charge in [0.05, 0.1) is 19.8 Å². The van der Waals surface area contributed by atoms with Crippen molar-refractivity contribution < 1.29 is 14.2 Å². The van der Waals surface area contributed by atoms with Crippen LogP contribution in [0.25, 0.3) is 10.8 Å². The molecule has 0 amide bonds. The van der Waals surface area contributed by atoms with E-state index >= 15 is 0 Å². The van der Waals surface area contributed by atoms with E-state index in [0.29, 0.717) is 12.7 Å². The summed E-state index contributed by atoms with van der Waals surface area (Å²) in [6, 6.07) is 12.6. The van der Waals surface area contributed by atoms with Gasteiger partial charge in [-0.25, -0.2) is 0 Å². The van der Waals surface area contributed by atoms with Crippen LogP contribution in [0.15, 0.2) is 41.4 Å². The molecule has 2 N–H and O–H groups in total. The van der Waals surface area contributed by atoms with Gasteiger partial charge in [0, 0.05) is 33.4 Å². The Morgan fingerprint density at radius 1 is 1.17 bits per heavy atom. The third-order valence-electron chi connectivity index (χ3n) is 4.88. The van der Waals surface area contributed by atoms with Crippen LogP contribution in [0.4, 0.5) is 0 Å². The van der Waals surface area contributed by atoms with Gasteiger partial charge in [0.1, 0.15) is 5.75 Å². The van der Waals surface area contributed by atoms with Crippen molar-refractivity contribution in [3.8, 4) is 5.75 Å². The number of methoxy groups -OCH3 is 1. The molecule has 6 nitrogen and oxygen atoms in total. The van der Waals surface area contributed by atoms with Crippen LogP contribution in [0.3, 0.4) is 0 Å². The highest BCUT2D eigenvalue weighted by molar-refractivity contribution is 14.0. The number of halogens is 1. The molecule has 0 spiro atoms. The lowest BCUT2D eigenvalue weighted by Crippen LogP contribution is -2.37. The van der Waals surface area contributed by atoms with E-state index in [1.165, 1.54) is 16.3 Å². The second-order valence-electron chi connectivity index (χ2n) is 6.96. The first-order valence-corrected chi connectivity index (χ1v) is 9.99. The minimum Gasteiger partial charge on any atom is -0.497 e. The Kier molecular flexibility index (Phi) is 10.5. The molecule has 1 aliphatic rings. The van der Waals surface area contributed by atoms with Crippen molar-refractivity contribution in [3.63, 3.8) is 0 Å². The van der Waals surface area contributed by atoms with E-state index in [0.717, 1.165) is 57.3 Å². The molecule has 7 heteroatoms. The maximum Gasteiger partial charge on any atom is 0.191 e. The topological polar surface area (TPSA) is 64.1 Å². The van der Waals surface area contributed by atoms with Crippen molar-refractivity contribution in [1.29, 1.82) is 0 Å². The molecule has 1 aliphatic heterocycles. The van der Waals surface area contributed by atoms with Crippen molar-refractivity contribution in [2.45, 2.75) is 31.9 Å². The Hall–Kier alpha value is -1.58. The highest BCUT2D eigenvalue weighted by Crippen LogP contribution is 2.21. The molecule has 1 saturated heterocycles. The van der Waals surface area contributed by atoms with Gasteiger partial charge < -0.3 is 24.8 Å². The predicted octanol–water partition coefficient (Wildman–Crippen LogP) is 3.72. The van der Waals surface area contributed by atoms with Crippen LogP contribution in [-0.4, -0.2) is 52.6 Å². The van der Waals surface area contributed by atoms with E-state index < -0.39 is 0 Å². The first kappa shape index (κ1) is 23.7. The second-order valence-corrected chi connectivity index (χ2v) is 6.96. The molecule has 1 heterocycles. The molecule has 2 aromatic rings. The molecule has 0 aliphatic carbocycles. The monoisotopic (exact) mass is 513 g/mol. The van der Waals surface area contributed by atoms with Crippen LogP contribution in [0.2, 0.25) is 0 Å². The summed E-state index contributed by atoms with van der Waals surface area (Å²) in [6.07, 6.45) is 3.51. The third-order valence-corrected chi connectivity index (χ3v) is 4.88. The summed E-state index contributed by atoms with van der Waals surface area (Å²) in [7, 11) is 3.48. The van der Waals surface area contributed by atoms with Crippen molar-refractivity contribution in [3.05, 3.63) is 42.0 Å². The van der Waals surface area contributed by atoms with Gasteiger partial charge in [-0.3, -0.25) is 4.99 Å². The van der Waals surface area contributed by atoms with Crippen LogP contribution in [0.5, 0.6) is 5.75 Å². The number of nitrogens with zero attached hydrogens (tertiary/aromatic N) is 1. The van der Waals surface area contributed by atoms with E-state index in [-0.39, 0.29) is 24.0 Å². The lowest BCUT2D eigenvalue weighted by atomic mass is 10.1. The zero-order valence-corrected chi connectivity index (χ0v) is 19.6. The molecule has 0 radical (unpaired) electrons. The fraction of sp³-hybridized carbons (Fsp3) is 0.500. The fourth-order valence-corrected chi connectivity index (χ4v) is 3.29. The number of hydrogen-bond donors (Lipinski definition) is 2. The number of rotatable bonds is 9. The zero-order valence-electron chi connectivity index (χ0n) is 17.3. The fourth-order valence-electron chi connectivity index (χ4n) is 3.29. The molecular formula is C22H32IN3O3. The largest absolute Gasteiger partial charge is 0.497 e. The van der Waals surface area contributed by atoms with E-state index in [1.807, 2.05) is 12.1 Å². The quantitative estimate of drug-likeness (QED) is 0.232. The van der Waals surface area contributed by atoms with E-state index in [1.54, 1.807) is 14.2 Å². The lowest BCUT2D eigenvalue weighted by Gasteiger charge is -2.13. The maximum absolute atomic E-state index is 5.69. The summed E-state index contributed by atoms with van der Waals surface area (Å²) >= 11 is 0. The minimum atomic E-state index is 0. The predicted molar refractivity (Wildman–Crippen MR) is 129 cm³/mol. The van der Waals surface area contributed by atoms with Gasteiger partial charge in [0.25, 0.3) is 0 Å². The molecule has 1 unspecified atom stereocenters. The molecule has 0 aromatic heterocycles. The molecule has 1 fully saturated rings. The Morgan fingerprint density at radius 3 is 2.76 bits per heavy atom. The number of guanidine groups is 1. The smallest absolute Gasteiger partial charge is 0.191 e. The molecule has 1 atom stereocenters. The van der Waals surface area contributed by atoms with Crippen LogP contribution < -0.4 is 15.4 Å². The lowest BCUT2D eigenvalue weighted by molar-refractivity contribution is 0.0168. The van der Waals surface area contributed by atoms with Crippen molar-refractivity contribution >= 4 is 40.7 Å². The van der Waals surface area contributed by atoms with E-state index in [9.17, 15) is 0 Å². The Labute approximate surface area is 190 Å².